The van der Waals surface area contributed by atoms with E-state index in [9.17, 15) is 4.79 Å². The van der Waals surface area contributed by atoms with Crippen molar-refractivity contribution >= 4 is 11.6 Å². The van der Waals surface area contributed by atoms with Crippen LogP contribution in [0, 0.1) is 11.8 Å². The molecule has 1 aliphatic rings. The van der Waals surface area contributed by atoms with Gasteiger partial charge in [0.2, 0.25) is 0 Å². The van der Waals surface area contributed by atoms with E-state index in [-0.39, 0.29) is 5.91 Å². The van der Waals surface area contributed by atoms with Crippen LogP contribution in [0.5, 0.6) is 0 Å². The van der Waals surface area contributed by atoms with Gasteiger partial charge in [-0.2, -0.15) is 0 Å². The highest BCUT2D eigenvalue weighted by Gasteiger charge is 2.21. The number of likely N-dealkylation sites (N-methyl/N-ethyl adjacent to an activating group) is 1. The summed E-state index contributed by atoms with van der Waals surface area (Å²) in [5.74, 6) is 6.00. The van der Waals surface area contributed by atoms with Gasteiger partial charge in [0.1, 0.15) is 0 Å². The van der Waals surface area contributed by atoms with Crippen molar-refractivity contribution in [2.75, 3.05) is 11.4 Å². The number of amides is 1. The molecular weight excluding hydrogens is 258 g/mol. The maximum Gasteiger partial charge on any atom is 0.259 e. The SMILES string of the molecule is C=C/C1=C(\C=C)C(=O)N(CC)c2ccccc2C#C1.CC. The van der Waals surface area contributed by atoms with Crippen LogP contribution in [0.1, 0.15) is 26.3 Å². The maximum absolute atomic E-state index is 12.6. The van der Waals surface area contributed by atoms with E-state index in [4.69, 9.17) is 0 Å². The molecule has 108 valence electrons. The highest BCUT2D eigenvalue weighted by molar-refractivity contribution is 6.09. The van der Waals surface area contributed by atoms with Gasteiger partial charge >= 0.3 is 0 Å². The van der Waals surface area contributed by atoms with Crippen LogP contribution in [0.15, 0.2) is 60.7 Å². The van der Waals surface area contributed by atoms with E-state index < -0.39 is 0 Å². The molecule has 2 heteroatoms. The zero-order valence-electron chi connectivity index (χ0n) is 12.9. The Morgan fingerprint density at radius 1 is 1.14 bits per heavy atom. The highest BCUT2D eigenvalue weighted by atomic mass is 16.2. The van der Waals surface area contributed by atoms with Gasteiger partial charge in [-0.3, -0.25) is 4.79 Å². The van der Waals surface area contributed by atoms with Crippen molar-refractivity contribution in [1.29, 1.82) is 0 Å². The van der Waals surface area contributed by atoms with Gasteiger partial charge in [-0.25, -0.2) is 0 Å². The van der Waals surface area contributed by atoms with Crippen LogP contribution in [0.4, 0.5) is 5.69 Å². The van der Waals surface area contributed by atoms with E-state index in [1.54, 1.807) is 17.1 Å². The molecule has 1 amide bonds. The lowest BCUT2D eigenvalue weighted by Gasteiger charge is -2.24. The van der Waals surface area contributed by atoms with Gasteiger partial charge in [0, 0.05) is 17.7 Å². The van der Waals surface area contributed by atoms with Crippen LogP contribution < -0.4 is 4.90 Å². The second-order valence-electron chi connectivity index (χ2n) is 4.05. The Balaban J connectivity index is 0.00000106. The van der Waals surface area contributed by atoms with Crippen molar-refractivity contribution in [3.63, 3.8) is 0 Å². The van der Waals surface area contributed by atoms with E-state index in [1.165, 1.54) is 0 Å². The van der Waals surface area contributed by atoms with Gasteiger partial charge in [-0.15, -0.1) is 0 Å². The molecule has 1 aromatic carbocycles. The van der Waals surface area contributed by atoms with E-state index in [0.717, 1.165) is 11.3 Å². The first-order chi connectivity index (χ1) is 10.2. The Labute approximate surface area is 127 Å². The molecule has 0 unspecified atom stereocenters. The Bertz CT molecular complexity index is 641. The molecule has 0 atom stereocenters. The molecule has 1 aromatic rings. The zero-order valence-corrected chi connectivity index (χ0v) is 12.9. The van der Waals surface area contributed by atoms with Crippen LogP contribution >= 0.6 is 0 Å². The molecule has 0 N–H and O–H groups in total. The number of nitrogens with zero attached hydrogens (tertiary/aromatic N) is 1. The van der Waals surface area contributed by atoms with E-state index in [0.29, 0.717) is 17.7 Å². The summed E-state index contributed by atoms with van der Waals surface area (Å²) in [4.78, 5) is 14.3. The number of carbonyl (C=O) groups is 1. The summed E-state index contributed by atoms with van der Waals surface area (Å²) in [5.41, 5.74) is 2.80. The lowest BCUT2D eigenvalue weighted by Crippen LogP contribution is -2.33. The fraction of sp³-hybridized carbons (Fsp3) is 0.211. The molecule has 21 heavy (non-hydrogen) atoms. The van der Waals surface area contributed by atoms with Crippen molar-refractivity contribution in [3.8, 4) is 11.8 Å². The van der Waals surface area contributed by atoms with Gasteiger partial charge < -0.3 is 4.90 Å². The van der Waals surface area contributed by atoms with Gasteiger partial charge in [-0.05, 0) is 19.1 Å². The number of rotatable bonds is 3. The number of fused-ring (bicyclic) bond motifs is 1. The van der Waals surface area contributed by atoms with Crippen LogP contribution in [0.2, 0.25) is 0 Å². The fourth-order valence-electron chi connectivity index (χ4n) is 2.06. The second-order valence-corrected chi connectivity index (χ2v) is 4.05. The zero-order chi connectivity index (χ0) is 15.8. The van der Waals surface area contributed by atoms with Crippen molar-refractivity contribution in [3.05, 3.63) is 66.3 Å². The largest absolute Gasteiger partial charge is 0.307 e. The number of carbonyl (C=O) groups excluding carboxylic acids is 1. The molecule has 2 nitrogen and oxygen atoms in total. The van der Waals surface area contributed by atoms with Gasteiger partial charge in [0.05, 0.1) is 11.3 Å². The lowest BCUT2D eigenvalue weighted by molar-refractivity contribution is -0.114. The minimum atomic E-state index is -0.0890. The van der Waals surface area contributed by atoms with Crippen molar-refractivity contribution in [2.45, 2.75) is 20.8 Å². The Morgan fingerprint density at radius 2 is 1.81 bits per heavy atom. The predicted octanol–water partition coefficient (Wildman–Crippen LogP) is 4.10. The third-order valence-electron chi connectivity index (χ3n) is 3.02. The average Bonchev–Trinajstić information content (AvgIpc) is 2.53. The second kappa shape index (κ2) is 7.91. The first-order valence-electron chi connectivity index (χ1n) is 7.15. The molecule has 0 radical (unpaired) electrons. The van der Waals surface area contributed by atoms with Crippen LogP contribution in [-0.2, 0) is 4.79 Å². The molecule has 0 bridgehead atoms. The minimum Gasteiger partial charge on any atom is -0.307 e. The first kappa shape index (κ1) is 16.5. The summed E-state index contributed by atoms with van der Waals surface area (Å²) in [7, 11) is 0. The van der Waals surface area contributed by atoms with Crippen molar-refractivity contribution in [2.24, 2.45) is 0 Å². The molecule has 0 fully saturated rings. The van der Waals surface area contributed by atoms with Crippen LogP contribution in [-0.4, -0.2) is 12.5 Å². The van der Waals surface area contributed by atoms with Crippen molar-refractivity contribution in [1.82, 2.24) is 0 Å². The predicted molar refractivity (Wildman–Crippen MR) is 90.1 cm³/mol. The summed E-state index contributed by atoms with van der Waals surface area (Å²) >= 11 is 0. The number of hydrogen-bond acceptors (Lipinski definition) is 1. The molecule has 0 spiro atoms. The summed E-state index contributed by atoms with van der Waals surface area (Å²) in [6.45, 7) is 14.0. The third kappa shape index (κ3) is 3.32. The van der Waals surface area contributed by atoms with Crippen molar-refractivity contribution < 1.29 is 4.79 Å². The van der Waals surface area contributed by atoms with Gasteiger partial charge in [0.15, 0.2) is 0 Å². The third-order valence-corrected chi connectivity index (χ3v) is 3.02. The summed E-state index contributed by atoms with van der Waals surface area (Å²) < 4.78 is 0. The number of allylic oxidation sites excluding steroid dienone is 2. The normalized spacial score (nSPS) is 16.3. The number of anilines is 1. The molecule has 1 heterocycles. The molecule has 2 rings (SSSR count). The fourth-order valence-corrected chi connectivity index (χ4v) is 2.06. The van der Waals surface area contributed by atoms with E-state index in [1.807, 2.05) is 45.0 Å². The number of para-hydroxylation sites is 1. The average molecular weight is 279 g/mol. The monoisotopic (exact) mass is 279 g/mol. The molecule has 0 saturated heterocycles. The van der Waals surface area contributed by atoms with Crippen LogP contribution in [0.25, 0.3) is 0 Å². The molecule has 1 aliphatic heterocycles. The number of benzene rings is 1. The standard InChI is InChI=1S/C17H15NO.C2H6/c1-4-13-11-12-14-9-7-8-10-16(14)18(6-3)17(19)15(13)5-2;1-2/h4-5,7-10H,1-2,6H2,3H3;1-2H3/b15-13-;. The summed E-state index contributed by atoms with van der Waals surface area (Å²) in [6, 6.07) is 7.64. The summed E-state index contributed by atoms with van der Waals surface area (Å²) in [5, 5.41) is 0. The quantitative estimate of drug-likeness (QED) is 0.763. The van der Waals surface area contributed by atoms with E-state index >= 15 is 0 Å². The smallest absolute Gasteiger partial charge is 0.259 e. The lowest BCUT2D eigenvalue weighted by atomic mass is 10.0. The molecule has 0 aliphatic carbocycles. The Morgan fingerprint density at radius 3 is 2.38 bits per heavy atom. The molecular formula is C19H21NO. The van der Waals surface area contributed by atoms with Gasteiger partial charge in [-0.1, -0.05) is 63.1 Å². The summed E-state index contributed by atoms with van der Waals surface area (Å²) in [6.07, 6.45) is 3.15. The minimum absolute atomic E-state index is 0.0890. The highest BCUT2D eigenvalue weighted by Crippen LogP contribution is 2.24. The van der Waals surface area contributed by atoms with Gasteiger partial charge in [0.25, 0.3) is 5.91 Å². The first-order valence-corrected chi connectivity index (χ1v) is 7.15. The van der Waals surface area contributed by atoms with E-state index in [2.05, 4.69) is 25.0 Å². The maximum atomic E-state index is 12.6. The number of hydrogen-bond donors (Lipinski definition) is 0. The topological polar surface area (TPSA) is 20.3 Å². The Hall–Kier alpha value is -2.53. The van der Waals surface area contributed by atoms with Crippen LogP contribution in [0.3, 0.4) is 0 Å². The molecule has 0 aromatic heterocycles. The molecule has 0 saturated carbocycles. The Kier molecular flexibility index (Phi) is 6.23.